The van der Waals surface area contributed by atoms with E-state index in [2.05, 4.69) is 140 Å². The fourth-order valence-electron chi connectivity index (χ4n) is 7.30. The van der Waals surface area contributed by atoms with Crippen molar-refractivity contribution in [3.63, 3.8) is 0 Å². The lowest BCUT2D eigenvalue weighted by Gasteiger charge is -2.11. The van der Waals surface area contributed by atoms with E-state index < -0.39 is 0 Å². The average Bonchev–Trinajstić information content (AvgIpc) is 3.78. The summed E-state index contributed by atoms with van der Waals surface area (Å²) < 4.78 is 7.07. The highest BCUT2D eigenvalue weighted by molar-refractivity contribution is 6.34. The lowest BCUT2D eigenvalue weighted by atomic mass is 10.0. The molecule has 5 nitrogen and oxygen atoms in total. The molecule has 0 aliphatic rings. The molecule has 0 aliphatic heterocycles. The predicted octanol–water partition coefficient (Wildman–Crippen LogP) is 9.23. The summed E-state index contributed by atoms with van der Waals surface area (Å²) in [5.74, 6) is 0. The molecule has 10 aromatic rings. The van der Waals surface area contributed by atoms with Crippen LogP contribution in [0.25, 0.3) is 82.3 Å². The Morgan fingerprint density at radius 3 is 1.88 bits per heavy atom. The van der Waals surface area contributed by atoms with E-state index in [-0.39, 0.29) is 0 Å². The SMILES string of the molecule is c1ccc(-n2c3ccccc3c3c4c5c(ccc6c7cnccc7c7nccn7c65)n(-c5ccccc5)c4ccc32)cc1. The molecule has 0 saturated heterocycles. The number of pyridine rings is 2. The van der Waals surface area contributed by atoms with Crippen LogP contribution in [0, 0.1) is 0 Å². The number of fused-ring (bicyclic) bond motifs is 14. The monoisotopic (exact) mass is 549 g/mol. The van der Waals surface area contributed by atoms with Gasteiger partial charge in [-0.25, -0.2) is 4.98 Å². The second-order valence-electron chi connectivity index (χ2n) is 11.1. The molecule has 10 rings (SSSR count). The molecule has 0 N–H and O–H groups in total. The summed E-state index contributed by atoms with van der Waals surface area (Å²) in [6.07, 6.45) is 7.83. The highest BCUT2D eigenvalue weighted by Gasteiger charge is 2.23. The largest absolute Gasteiger partial charge is 0.309 e. The van der Waals surface area contributed by atoms with Crippen molar-refractivity contribution in [1.29, 1.82) is 0 Å². The molecule has 0 radical (unpaired) electrons. The molecule has 0 unspecified atom stereocenters. The van der Waals surface area contributed by atoms with Gasteiger partial charge < -0.3 is 9.13 Å². The first-order valence-electron chi connectivity index (χ1n) is 14.5. The average molecular weight is 550 g/mol. The normalized spacial score (nSPS) is 12.2. The first kappa shape index (κ1) is 22.7. The second kappa shape index (κ2) is 8.30. The van der Waals surface area contributed by atoms with Crippen molar-refractivity contribution >= 4 is 70.9 Å². The molecule has 5 heteroatoms. The van der Waals surface area contributed by atoms with Crippen molar-refractivity contribution in [3.05, 3.63) is 140 Å². The lowest BCUT2D eigenvalue weighted by Crippen LogP contribution is -1.95. The van der Waals surface area contributed by atoms with Gasteiger partial charge in [-0.15, -0.1) is 0 Å². The van der Waals surface area contributed by atoms with Crippen LogP contribution in [-0.2, 0) is 0 Å². The number of aromatic nitrogens is 5. The molecule has 43 heavy (non-hydrogen) atoms. The van der Waals surface area contributed by atoms with Gasteiger partial charge in [0.15, 0.2) is 0 Å². The van der Waals surface area contributed by atoms with Gasteiger partial charge in [-0.1, -0.05) is 60.7 Å². The van der Waals surface area contributed by atoms with E-state index >= 15 is 0 Å². The Morgan fingerprint density at radius 1 is 0.442 bits per heavy atom. The third-order valence-corrected chi connectivity index (χ3v) is 8.97. The number of hydrogen-bond acceptors (Lipinski definition) is 2. The minimum atomic E-state index is 0.942. The van der Waals surface area contributed by atoms with Crippen molar-refractivity contribution in [2.45, 2.75) is 0 Å². The van der Waals surface area contributed by atoms with Gasteiger partial charge in [0.25, 0.3) is 0 Å². The quantitative estimate of drug-likeness (QED) is 0.202. The zero-order valence-corrected chi connectivity index (χ0v) is 23.0. The minimum absolute atomic E-state index is 0.942. The standard InChI is InChI=1S/C38H23N5/c1-3-9-24(10-4-1)42-30-14-8-7-13-28(30)34-31(42)17-18-32-35(34)36-33(43(32)25-11-5-2-6-12-25)16-15-26-29-23-39-20-19-27(29)38-40-21-22-41(38)37(26)36/h1-23H. The van der Waals surface area contributed by atoms with E-state index in [0.29, 0.717) is 0 Å². The summed E-state index contributed by atoms with van der Waals surface area (Å²) in [5.41, 5.74) is 9.10. The zero-order chi connectivity index (χ0) is 28.1. The van der Waals surface area contributed by atoms with E-state index in [0.717, 1.165) is 44.2 Å². The summed E-state index contributed by atoms with van der Waals surface area (Å²) in [7, 11) is 0. The molecule has 0 aliphatic carbocycles. The number of para-hydroxylation sites is 3. The van der Waals surface area contributed by atoms with Crippen molar-refractivity contribution < 1.29 is 0 Å². The van der Waals surface area contributed by atoms with Crippen LogP contribution in [0.3, 0.4) is 0 Å². The molecule has 0 spiro atoms. The van der Waals surface area contributed by atoms with Gasteiger partial charge in [-0.05, 0) is 54.6 Å². The Balaban J connectivity index is 1.54. The fraction of sp³-hybridized carbons (Fsp3) is 0. The summed E-state index contributed by atoms with van der Waals surface area (Å²) >= 11 is 0. The molecule has 5 heterocycles. The maximum atomic E-state index is 4.83. The second-order valence-corrected chi connectivity index (χ2v) is 11.1. The van der Waals surface area contributed by atoms with Gasteiger partial charge in [0, 0.05) is 73.9 Å². The number of benzene rings is 5. The minimum Gasteiger partial charge on any atom is -0.309 e. The summed E-state index contributed by atoms with van der Waals surface area (Å²) in [5, 5.41) is 8.32. The maximum Gasteiger partial charge on any atom is 0.145 e. The Hall–Kier alpha value is -5.94. The van der Waals surface area contributed by atoms with Gasteiger partial charge in [0.05, 0.1) is 27.6 Å². The van der Waals surface area contributed by atoms with Crippen molar-refractivity contribution in [2.75, 3.05) is 0 Å². The Morgan fingerprint density at radius 2 is 1.09 bits per heavy atom. The summed E-state index contributed by atoms with van der Waals surface area (Å²) in [6, 6.07) is 41.3. The smallest absolute Gasteiger partial charge is 0.145 e. The molecule has 200 valence electrons. The Kier molecular flexibility index (Phi) is 4.39. The van der Waals surface area contributed by atoms with E-state index in [1.807, 2.05) is 18.6 Å². The van der Waals surface area contributed by atoms with Gasteiger partial charge in [0.2, 0.25) is 0 Å². The predicted molar refractivity (Wildman–Crippen MR) is 177 cm³/mol. The Bertz CT molecular complexity index is 2710. The van der Waals surface area contributed by atoms with E-state index in [1.54, 1.807) is 0 Å². The molecule has 0 bridgehead atoms. The van der Waals surface area contributed by atoms with Crippen LogP contribution in [0.2, 0.25) is 0 Å². The fourth-order valence-corrected chi connectivity index (χ4v) is 7.30. The van der Waals surface area contributed by atoms with Gasteiger partial charge >= 0.3 is 0 Å². The van der Waals surface area contributed by atoms with Crippen LogP contribution < -0.4 is 0 Å². The molecule has 0 fully saturated rings. The van der Waals surface area contributed by atoms with Crippen LogP contribution >= 0.6 is 0 Å². The van der Waals surface area contributed by atoms with Crippen LogP contribution in [0.5, 0.6) is 0 Å². The first-order chi connectivity index (χ1) is 21.4. The van der Waals surface area contributed by atoms with Crippen LogP contribution in [0.4, 0.5) is 0 Å². The first-order valence-corrected chi connectivity index (χ1v) is 14.5. The van der Waals surface area contributed by atoms with Crippen LogP contribution in [-0.4, -0.2) is 23.5 Å². The van der Waals surface area contributed by atoms with Crippen molar-refractivity contribution in [2.24, 2.45) is 0 Å². The molecule has 0 saturated carbocycles. The maximum absolute atomic E-state index is 4.83. The molecule has 0 atom stereocenters. The molecule has 0 amide bonds. The summed E-state index contributed by atoms with van der Waals surface area (Å²) in [6.45, 7) is 0. The highest BCUT2D eigenvalue weighted by atomic mass is 15.0. The van der Waals surface area contributed by atoms with Gasteiger partial charge in [-0.3, -0.25) is 9.38 Å². The van der Waals surface area contributed by atoms with E-state index in [9.17, 15) is 0 Å². The van der Waals surface area contributed by atoms with Crippen LogP contribution in [0.15, 0.2) is 140 Å². The molecular formula is C38H23N5. The van der Waals surface area contributed by atoms with Crippen LogP contribution in [0.1, 0.15) is 0 Å². The lowest BCUT2D eigenvalue weighted by molar-refractivity contribution is 1.17. The topological polar surface area (TPSA) is 40.1 Å². The summed E-state index contributed by atoms with van der Waals surface area (Å²) in [4.78, 5) is 9.36. The van der Waals surface area contributed by atoms with E-state index in [1.165, 1.54) is 38.1 Å². The molecule has 5 aromatic carbocycles. The van der Waals surface area contributed by atoms with Crippen molar-refractivity contribution in [1.82, 2.24) is 23.5 Å². The molecular weight excluding hydrogens is 526 g/mol. The van der Waals surface area contributed by atoms with E-state index in [4.69, 9.17) is 4.98 Å². The number of nitrogens with zero attached hydrogens (tertiary/aromatic N) is 5. The number of imidazole rings is 1. The highest BCUT2D eigenvalue weighted by Crippen LogP contribution is 2.45. The Labute approximate surface area is 245 Å². The third-order valence-electron chi connectivity index (χ3n) is 8.97. The van der Waals surface area contributed by atoms with Gasteiger partial charge in [0.1, 0.15) is 5.65 Å². The third kappa shape index (κ3) is 2.90. The zero-order valence-electron chi connectivity index (χ0n) is 23.0. The number of hydrogen-bond donors (Lipinski definition) is 0. The van der Waals surface area contributed by atoms with Gasteiger partial charge in [-0.2, -0.15) is 0 Å². The van der Waals surface area contributed by atoms with Crippen molar-refractivity contribution in [3.8, 4) is 11.4 Å². The molecule has 5 aromatic heterocycles. The number of rotatable bonds is 2.